The van der Waals surface area contributed by atoms with Crippen LogP contribution in [-0.4, -0.2) is 47.6 Å². The molecule has 0 N–H and O–H groups in total. The van der Waals surface area contributed by atoms with Gasteiger partial charge in [-0.1, -0.05) is 13.3 Å². The van der Waals surface area contributed by atoms with E-state index in [0.29, 0.717) is 11.6 Å². The van der Waals surface area contributed by atoms with Gasteiger partial charge in [0.05, 0.1) is 0 Å². The molecule has 0 unspecified atom stereocenters. The molecule has 2 heteroatoms. The van der Waals surface area contributed by atoms with Gasteiger partial charge in [-0.3, -0.25) is 9.80 Å². The Bertz CT molecular complexity index is 187. The van der Waals surface area contributed by atoms with E-state index in [0.717, 1.165) is 0 Å². The van der Waals surface area contributed by atoms with Crippen molar-refractivity contribution in [1.82, 2.24) is 9.80 Å². The zero-order valence-corrected chi connectivity index (χ0v) is 11.2. The van der Waals surface area contributed by atoms with Crippen LogP contribution in [0.25, 0.3) is 0 Å². The van der Waals surface area contributed by atoms with Crippen LogP contribution >= 0.6 is 0 Å². The summed E-state index contributed by atoms with van der Waals surface area (Å²) in [6.45, 7) is 16.6. The molecule has 1 aliphatic rings. The molecule has 0 amide bonds. The molecule has 1 saturated heterocycles. The summed E-state index contributed by atoms with van der Waals surface area (Å²) in [7, 11) is 0. The topological polar surface area (TPSA) is 6.48 Å². The Labute approximate surface area is 95.6 Å². The third-order valence-corrected chi connectivity index (χ3v) is 3.62. The molecule has 0 saturated carbocycles. The van der Waals surface area contributed by atoms with Gasteiger partial charge in [0.1, 0.15) is 0 Å². The van der Waals surface area contributed by atoms with Crippen LogP contribution in [0.4, 0.5) is 0 Å². The molecule has 0 aromatic heterocycles. The lowest BCUT2D eigenvalue weighted by atomic mass is 9.97. The molecule has 0 aromatic rings. The lowest BCUT2D eigenvalue weighted by Crippen LogP contribution is -2.60. The van der Waals surface area contributed by atoms with Crippen LogP contribution in [0.2, 0.25) is 0 Å². The average Bonchev–Trinajstić information content (AvgIpc) is 2.14. The molecule has 2 nitrogen and oxygen atoms in total. The smallest absolute Gasteiger partial charge is 0.0280 e. The minimum Gasteiger partial charge on any atom is -0.298 e. The molecule has 0 radical (unpaired) electrons. The highest BCUT2D eigenvalue weighted by Gasteiger charge is 2.33. The van der Waals surface area contributed by atoms with Crippen LogP contribution in [0.1, 0.15) is 47.5 Å². The van der Waals surface area contributed by atoms with E-state index in [1.807, 2.05) is 0 Å². The summed E-state index contributed by atoms with van der Waals surface area (Å²) in [5, 5.41) is 0. The minimum absolute atomic E-state index is 0.359. The quantitative estimate of drug-likeness (QED) is 0.707. The second-order valence-electron chi connectivity index (χ2n) is 5.72. The Morgan fingerprint density at radius 3 is 2.33 bits per heavy atom. The van der Waals surface area contributed by atoms with E-state index in [1.165, 1.54) is 39.0 Å². The fraction of sp³-hybridized carbons (Fsp3) is 1.00. The molecule has 15 heavy (non-hydrogen) atoms. The number of nitrogens with zero attached hydrogens (tertiary/aromatic N) is 2. The van der Waals surface area contributed by atoms with Gasteiger partial charge in [-0.05, 0) is 40.7 Å². The van der Waals surface area contributed by atoms with Crippen LogP contribution in [-0.2, 0) is 0 Å². The van der Waals surface area contributed by atoms with Crippen molar-refractivity contribution < 1.29 is 0 Å². The predicted molar refractivity (Wildman–Crippen MR) is 67.3 cm³/mol. The number of hydrogen-bond acceptors (Lipinski definition) is 2. The molecule has 90 valence electrons. The fourth-order valence-corrected chi connectivity index (χ4v) is 2.43. The first-order chi connectivity index (χ1) is 6.97. The van der Waals surface area contributed by atoms with Gasteiger partial charge in [-0.25, -0.2) is 0 Å². The molecule has 0 spiro atoms. The molecular formula is C13H28N2. The summed E-state index contributed by atoms with van der Waals surface area (Å²) in [5.74, 6) is 0. The molecule has 0 bridgehead atoms. The van der Waals surface area contributed by atoms with Crippen molar-refractivity contribution in [2.45, 2.75) is 59.0 Å². The first-order valence-electron chi connectivity index (χ1n) is 6.46. The lowest BCUT2D eigenvalue weighted by Gasteiger charge is -2.48. The molecule has 1 fully saturated rings. The van der Waals surface area contributed by atoms with Crippen molar-refractivity contribution >= 4 is 0 Å². The summed E-state index contributed by atoms with van der Waals surface area (Å²) in [5.41, 5.74) is 0.359. The van der Waals surface area contributed by atoms with Gasteiger partial charge in [-0.2, -0.15) is 0 Å². The van der Waals surface area contributed by atoms with Gasteiger partial charge in [0.15, 0.2) is 0 Å². The molecule has 0 atom stereocenters. The Balaban J connectivity index is 2.50. The first-order valence-corrected chi connectivity index (χ1v) is 6.46. The maximum atomic E-state index is 2.66. The summed E-state index contributed by atoms with van der Waals surface area (Å²) in [6, 6.07) is 0.692. The van der Waals surface area contributed by atoms with Crippen LogP contribution in [0, 0.1) is 0 Å². The van der Waals surface area contributed by atoms with Crippen molar-refractivity contribution in [3.05, 3.63) is 0 Å². The summed E-state index contributed by atoms with van der Waals surface area (Å²) in [6.07, 6.45) is 2.64. The number of piperazine rings is 1. The van der Waals surface area contributed by atoms with E-state index in [-0.39, 0.29) is 0 Å². The van der Waals surface area contributed by atoms with E-state index in [4.69, 9.17) is 0 Å². The Kier molecular flexibility index (Phi) is 4.60. The third kappa shape index (κ3) is 3.46. The van der Waals surface area contributed by atoms with Crippen molar-refractivity contribution in [2.75, 3.05) is 26.2 Å². The van der Waals surface area contributed by atoms with Gasteiger partial charge in [-0.15, -0.1) is 0 Å². The summed E-state index contributed by atoms with van der Waals surface area (Å²) in [4.78, 5) is 5.26. The van der Waals surface area contributed by atoms with Gasteiger partial charge in [0.25, 0.3) is 0 Å². The van der Waals surface area contributed by atoms with Crippen LogP contribution < -0.4 is 0 Å². The van der Waals surface area contributed by atoms with E-state index >= 15 is 0 Å². The Morgan fingerprint density at radius 1 is 1.20 bits per heavy atom. The lowest BCUT2D eigenvalue weighted by molar-refractivity contribution is 0.00568. The van der Waals surface area contributed by atoms with Crippen LogP contribution in [0.15, 0.2) is 0 Å². The van der Waals surface area contributed by atoms with E-state index in [1.54, 1.807) is 0 Å². The second kappa shape index (κ2) is 5.31. The number of unbranched alkanes of at least 4 members (excludes halogenated alkanes) is 1. The van der Waals surface area contributed by atoms with Gasteiger partial charge < -0.3 is 0 Å². The largest absolute Gasteiger partial charge is 0.298 e. The highest BCUT2D eigenvalue weighted by atomic mass is 15.3. The highest BCUT2D eigenvalue weighted by molar-refractivity contribution is 4.90. The maximum Gasteiger partial charge on any atom is 0.0280 e. The Hall–Kier alpha value is -0.0800. The molecule has 1 heterocycles. The highest BCUT2D eigenvalue weighted by Crippen LogP contribution is 2.22. The van der Waals surface area contributed by atoms with Crippen molar-refractivity contribution in [3.8, 4) is 0 Å². The first kappa shape index (κ1) is 13.0. The summed E-state index contributed by atoms with van der Waals surface area (Å²) >= 11 is 0. The second-order valence-corrected chi connectivity index (χ2v) is 5.72. The van der Waals surface area contributed by atoms with Crippen molar-refractivity contribution in [2.24, 2.45) is 0 Å². The van der Waals surface area contributed by atoms with Gasteiger partial charge >= 0.3 is 0 Å². The fourth-order valence-electron chi connectivity index (χ4n) is 2.43. The van der Waals surface area contributed by atoms with E-state index in [9.17, 15) is 0 Å². The molecule has 1 rings (SSSR count). The van der Waals surface area contributed by atoms with Crippen LogP contribution in [0.3, 0.4) is 0 Å². The maximum absolute atomic E-state index is 2.66. The minimum atomic E-state index is 0.359. The zero-order valence-electron chi connectivity index (χ0n) is 11.2. The average molecular weight is 212 g/mol. The number of rotatable bonds is 4. The van der Waals surface area contributed by atoms with Gasteiger partial charge in [0, 0.05) is 31.2 Å². The zero-order chi connectivity index (χ0) is 11.5. The van der Waals surface area contributed by atoms with Crippen LogP contribution in [0.5, 0.6) is 0 Å². The molecule has 0 aromatic carbocycles. The monoisotopic (exact) mass is 212 g/mol. The number of hydrogen-bond donors (Lipinski definition) is 0. The Morgan fingerprint density at radius 2 is 1.87 bits per heavy atom. The third-order valence-electron chi connectivity index (χ3n) is 3.62. The van der Waals surface area contributed by atoms with Gasteiger partial charge in [0.2, 0.25) is 0 Å². The predicted octanol–water partition coefficient (Wildman–Crippen LogP) is 2.59. The van der Waals surface area contributed by atoms with Crippen molar-refractivity contribution in [1.29, 1.82) is 0 Å². The molecule has 1 aliphatic heterocycles. The molecule has 0 aliphatic carbocycles. The SMILES string of the molecule is CCCCN1CCN(C(C)C)CC1(C)C. The van der Waals surface area contributed by atoms with Crippen molar-refractivity contribution in [3.63, 3.8) is 0 Å². The van der Waals surface area contributed by atoms with E-state index in [2.05, 4.69) is 44.4 Å². The standard InChI is InChI=1S/C13H28N2/c1-6-7-8-15-10-9-14(12(2)3)11-13(15,4)5/h12H,6-11H2,1-5H3. The normalized spacial score (nSPS) is 23.6. The van der Waals surface area contributed by atoms with E-state index < -0.39 is 0 Å². The summed E-state index contributed by atoms with van der Waals surface area (Å²) < 4.78 is 0. The molecular weight excluding hydrogens is 184 g/mol.